The van der Waals surface area contributed by atoms with Crippen LogP contribution in [0, 0.1) is 0 Å². The minimum Gasteiger partial charge on any atom is -0.335 e. The van der Waals surface area contributed by atoms with Crippen LogP contribution < -0.4 is 0 Å². The predicted molar refractivity (Wildman–Crippen MR) is 97.2 cm³/mol. The van der Waals surface area contributed by atoms with Gasteiger partial charge in [0.05, 0.1) is 0 Å². The third-order valence-electron chi connectivity index (χ3n) is 5.48. The molecule has 4 rings (SSSR count). The van der Waals surface area contributed by atoms with Crippen LogP contribution >= 0.6 is 0 Å². The molecule has 130 valence electrons. The summed E-state index contributed by atoms with van der Waals surface area (Å²) in [6.45, 7) is 5.19. The van der Waals surface area contributed by atoms with Gasteiger partial charge in [0, 0.05) is 48.7 Å². The second-order valence-electron chi connectivity index (χ2n) is 7.15. The van der Waals surface area contributed by atoms with E-state index in [9.17, 15) is 4.79 Å². The van der Waals surface area contributed by atoms with Crippen LogP contribution in [-0.4, -0.2) is 57.4 Å². The molecule has 1 atom stereocenters. The van der Waals surface area contributed by atoms with Crippen molar-refractivity contribution in [3.63, 3.8) is 0 Å². The third-order valence-corrected chi connectivity index (χ3v) is 5.48. The van der Waals surface area contributed by atoms with E-state index >= 15 is 0 Å². The molecule has 1 aromatic heterocycles. The lowest BCUT2D eigenvalue weighted by molar-refractivity contribution is 0.00213. The van der Waals surface area contributed by atoms with Crippen molar-refractivity contribution in [1.82, 2.24) is 19.8 Å². The largest absolute Gasteiger partial charge is 0.335 e. The Labute approximate surface area is 148 Å². The van der Waals surface area contributed by atoms with Gasteiger partial charge < -0.3 is 4.90 Å². The number of benzene rings is 1. The molecule has 25 heavy (non-hydrogen) atoms. The van der Waals surface area contributed by atoms with Crippen molar-refractivity contribution < 1.29 is 4.79 Å². The lowest BCUT2D eigenvalue weighted by atomic mass is 9.96. The van der Waals surface area contributed by atoms with Gasteiger partial charge in [-0.1, -0.05) is 18.6 Å². The van der Waals surface area contributed by atoms with Gasteiger partial charge in [-0.15, -0.1) is 0 Å². The molecule has 5 nitrogen and oxygen atoms in total. The van der Waals surface area contributed by atoms with Crippen molar-refractivity contribution in [2.24, 2.45) is 0 Å². The Morgan fingerprint density at radius 1 is 1.12 bits per heavy atom. The molecule has 1 amide bonds. The first kappa shape index (κ1) is 16.2. The number of rotatable bonds is 3. The van der Waals surface area contributed by atoms with Gasteiger partial charge in [0.2, 0.25) is 0 Å². The Morgan fingerprint density at radius 2 is 1.92 bits per heavy atom. The first-order chi connectivity index (χ1) is 12.2. The monoisotopic (exact) mass is 336 g/mol. The van der Waals surface area contributed by atoms with E-state index < -0.39 is 0 Å². The maximum atomic E-state index is 12.8. The van der Waals surface area contributed by atoms with Gasteiger partial charge in [-0.2, -0.15) is 0 Å². The summed E-state index contributed by atoms with van der Waals surface area (Å²) in [4.78, 5) is 25.5. The number of carbonyl (C=O) groups is 1. The van der Waals surface area contributed by atoms with Crippen LogP contribution in [0.3, 0.4) is 0 Å². The first-order valence-electron chi connectivity index (χ1n) is 9.13. The summed E-state index contributed by atoms with van der Waals surface area (Å²) >= 11 is 0. The normalized spacial score (nSPS) is 21.8. The van der Waals surface area contributed by atoms with E-state index in [-0.39, 0.29) is 5.91 Å². The highest BCUT2D eigenvalue weighted by Gasteiger charge is 2.37. The van der Waals surface area contributed by atoms with Gasteiger partial charge in [0.15, 0.2) is 0 Å². The average molecular weight is 336 g/mol. The fourth-order valence-corrected chi connectivity index (χ4v) is 3.96. The molecule has 2 aliphatic heterocycles. The Kier molecular flexibility index (Phi) is 4.49. The Hall–Kier alpha value is -2.27. The maximum absolute atomic E-state index is 12.8. The van der Waals surface area contributed by atoms with Gasteiger partial charge in [0.25, 0.3) is 5.91 Å². The number of carbonyl (C=O) groups excluding carboxylic acids is 1. The van der Waals surface area contributed by atoms with Gasteiger partial charge >= 0.3 is 0 Å². The number of nitrogens with zero attached hydrogens (tertiary/aromatic N) is 4. The summed E-state index contributed by atoms with van der Waals surface area (Å²) in [7, 11) is 0. The summed E-state index contributed by atoms with van der Waals surface area (Å²) in [6.07, 6.45) is 8.97. The molecule has 0 unspecified atom stereocenters. The molecule has 0 saturated carbocycles. The van der Waals surface area contributed by atoms with E-state index in [0.29, 0.717) is 12.1 Å². The van der Waals surface area contributed by atoms with E-state index in [1.807, 2.05) is 29.2 Å². The fourth-order valence-electron chi connectivity index (χ4n) is 3.96. The Bertz CT molecular complexity index is 742. The molecule has 2 fully saturated rings. The minimum absolute atomic E-state index is 0.125. The molecular formula is C20H24N4O. The van der Waals surface area contributed by atoms with E-state index in [1.165, 1.54) is 32.1 Å². The Balaban J connectivity index is 1.43. The zero-order chi connectivity index (χ0) is 17.2. The van der Waals surface area contributed by atoms with Crippen LogP contribution in [0.15, 0.2) is 43.0 Å². The highest BCUT2D eigenvalue weighted by Crippen LogP contribution is 2.26. The fraction of sp³-hybridized carbons (Fsp3) is 0.450. The van der Waals surface area contributed by atoms with Crippen LogP contribution in [0.1, 0.15) is 36.5 Å². The highest BCUT2D eigenvalue weighted by molar-refractivity contribution is 5.96. The third kappa shape index (κ3) is 3.29. The number of aromatic nitrogens is 2. The SMILES string of the molecule is C[C@H]1CCCCN1C1CN(C(=O)c2cccc(-c3cncnc3)c2)C1. The molecule has 2 aliphatic rings. The summed E-state index contributed by atoms with van der Waals surface area (Å²) in [6, 6.07) is 8.94. The second-order valence-corrected chi connectivity index (χ2v) is 7.15. The smallest absolute Gasteiger partial charge is 0.253 e. The molecule has 2 aromatic rings. The maximum Gasteiger partial charge on any atom is 0.253 e. The molecule has 0 spiro atoms. The van der Waals surface area contributed by atoms with Gasteiger partial charge in [-0.05, 0) is 44.0 Å². The molecule has 0 aliphatic carbocycles. The van der Waals surface area contributed by atoms with Crippen molar-refractivity contribution in [3.05, 3.63) is 48.5 Å². The van der Waals surface area contributed by atoms with Crippen molar-refractivity contribution in [1.29, 1.82) is 0 Å². The summed E-state index contributed by atoms with van der Waals surface area (Å²) < 4.78 is 0. The van der Waals surface area contributed by atoms with Crippen molar-refractivity contribution in [2.45, 2.75) is 38.3 Å². The van der Waals surface area contributed by atoms with Crippen LogP contribution in [0.5, 0.6) is 0 Å². The van der Waals surface area contributed by atoms with E-state index in [2.05, 4.69) is 21.8 Å². The van der Waals surface area contributed by atoms with Crippen LogP contribution in [0.25, 0.3) is 11.1 Å². The van der Waals surface area contributed by atoms with Gasteiger partial charge in [-0.3, -0.25) is 9.69 Å². The van der Waals surface area contributed by atoms with Crippen LogP contribution in [0.4, 0.5) is 0 Å². The van der Waals surface area contributed by atoms with Crippen molar-refractivity contribution >= 4 is 5.91 Å². The quantitative estimate of drug-likeness (QED) is 0.865. The first-order valence-corrected chi connectivity index (χ1v) is 9.13. The van der Waals surface area contributed by atoms with E-state index in [1.54, 1.807) is 12.4 Å². The highest BCUT2D eigenvalue weighted by atomic mass is 16.2. The molecule has 3 heterocycles. The minimum atomic E-state index is 0.125. The second kappa shape index (κ2) is 6.92. The number of hydrogen-bond acceptors (Lipinski definition) is 4. The number of likely N-dealkylation sites (tertiary alicyclic amines) is 2. The zero-order valence-electron chi connectivity index (χ0n) is 14.6. The molecule has 1 aromatic carbocycles. The molecule has 2 saturated heterocycles. The summed E-state index contributed by atoms with van der Waals surface area (Å²) in [5.74, 6) is 0.125. The van der Waals surface area contributed by atoms with Crippen LogP contribution in [-0.2, 0) is 0 Å². The van der Waals surface area contributed by atoms with E-state index in [4.69, 9.17) is 0 Å². The Morgan fingerprint density at radius 3 is 2.68 bits per heavy atom. The van der Waals surface area contributed by atoms with Gasteiger partial charge in [-0.25, -0.2) is 9.97 Å². The predicted octanol–water partition coefficient (Wildman–Crippen LogP) is 2.84. The molecule has 0 radical (unpaired) electrons. The molecule has 0 bridgehead atoms. The van der Waals surface area contributed by atoms with Crippen molar-refractivity contribution in [3.8, 4) is 11.1 Å². The standard InChI is InChI=1S/C20H24N4O/c1-15-5-2-3-8-24(15)19-12-23(13-19)20(25)17-7-4-6-16(9-17)18-10-21-14-22-11-18/h4,6-7,9-11,14-15,19H,2-3,5,8,12-13H2,1H3/t15-/m0/s1. The topological polar surface area (TPSA) is 49.3 Å². The van der Waals surface area contributed by atoms with Crippen molar-refractivity contribution in [2.75, 3.05) is 19.6 Å². The molecular weight excluding hydrogens is 312 g/mol. The summed E-state index contributed by atoms with van der Waals surface area (Å²) in [5.41, 5.74) is 2.65. The molecule has 0 N–H and O–H groups in total. The summed E-state index contributed by atoms with van der Waals surface area (Å²) in [5, 5.41) is 0. The number of piperidine rings is 1. The average Bonchev–Trinajstić information content (AvgIpc) is 2.63. The van der Waals surface area contributed by atoms with Crippen LogP contribution in [0.2, 0.25) is 0 Å². The number of hydrogen-bond donors (Lipinski definition) is 0. The number of amides is 1. The molecule has 5 heteroatoms. The lowest BCUT2D eigenvalue weighted by Gasteiger charge is -2.49. The van der Waals surface area contributed by atoms with Gasteiger partial charge in [0.1, 0.15) is 6.33 Å². The lowest BCUT2D eigenvalue weighted by Crippen LogP contribution is -2.63. The zero-order valence-corrected chi connectivity index (χ0v) is 14.6. The van der Waals surface area contributed by atoms with E-state index in [0.717, 1.165) is 29.8 Å².